The van der Waals surface area contributed by atoms with E-state index in [1.165, 1.54) is 28.6 Å². The Balaban J connectivity index is 1.47. The minimum Gasteiger partial charge on any atom is -0.494 e. The number of sulfonamides is 1. The Labute approximate surface area is 171 Å². The zero-order chi connectivity index (χ0) is 20.7. The number of ether oxygens (including phenoxy) is 2. The quantitative estimate of drug-likeness (QED) is 0.633. The summed E-state index contributed by atoms with van der Waals surface area (Å²) in [5, 5.41) is 2.77. The summed E-state index contributed by atoms with van der Waals surface area (Å²) >= 11 is 0. The molecule has 2 aromatic rings. The van der Waals surface area contributed by atoms with Crippen LogP contribution in [0.4, 0.5) is 0 Å². The van der Waals surface area contributed by atoms with Gasteiger partial charge in [0.25, 0.3) is 5.91 Å². The van der Waals surface area contributed by atoms with Gasteiger partial charge in [-0.3, -0.25) is 4.79 Å². The molecule has 0 radical (unpaired) electrons. The third kappa shape index (κ3) is 5.48. The minimum absolute atomic E-state index is 0.217. The van der Waals surface area contributed by atoms with Crippen LogP contribution in [-0.4, -0.2) is 51.5 Å². The number of carbonyl (C=O) groups is 1. The van der Waals surface area contributed by atoms with Gasteiger partial charge in [-0.15, -0.1) is 0 Å². The normalized spacial score (nSPS) is 14.5. The Kier molecular flexibility index (Phi) is 7.11. The van der Waals surface area contributed by atoms with E-state index in [0.717, 1.165) is 18.6 Å². The highest BCUT2D eigenvalue weighted by Gasteiger charge is 2.27. The van der Waals surface area contributed by atoms with Crippen molar-refractivity contribution in [2.24, 2.45) is 0 Å². The first kappa shape index (κ1) is 21.1. The van der Waals surface area contributed by atoms with Gasteiger partial charge in [0.05, 0.1) is 18.0 Å². The third-order valence-electron chi connectivity index (χ3n) is 4.61. The Morgan fingerprint density at radius 2 is 1.55 bits per heavy atom. The highest BCUT2D eigenvalue weighted by Crippen LogP contribution is 2.21. The van der Waals surface area contributed by atoms with Gasteiger partial charge in [-0.2, -0.15) is 4.31 Å². The molecule has 0 saturated carbocycles. The average molecular weight is 419 g/mol. The summed E-state index contributed by atoms with van der Waals surface area (Å²) in [6, 6.07) is 13.3. The second-order valence-corrected chi connectivity index (χ2v) is 8.58. The molecule has 3 rings (SSSR count). The Bertz CT molecular complexity index is 905. The maximum atomic E-state index is 12.5. The average Bonchev–Trinajstić information content (AvgIpc) is 3.28. The lowest BCUT2D eigenvalue weighted by molar-refractivity contribution is 0.0947. The molecule has 1 aliphatic rings. The van der Waals surface area contributed by atoms with Crippen molar-refractivity contribution in [1.29, 1.82) is 0 Å². The van der Waals surface area contributed by atoms with Gasteiger partial charge in [-0.05, 0) is 68.3 Å². The Morgan fingerprint density at radius 1 is 0.966 bits per heavy atom. The topological polar surface area (TPSA) is 84.9 Å². The van der Waals surface area contributed by atoms with Gasteiger partial charge in [0, 0.05) is 18.7 Å². The van der Waals surface area contributed by atoms with Crippen molar-refractivity contribution >= 4 is 15.9 Å². The molecule has 0 atom stereocenters. The van der Waals surface area contributed by atoms with E-state index in [1.54, 1.807) is 0 Å². The number of benzene rings is 2. The number of hydrogen-bond donors (Lipinski definition) is 1. The Morgan fingerprint density at radius 3 is 2.14 bits per heavy atom. The lowest BCUT2D eigenvalue weighted by Gasteiger charge is -2.15. The van der Waals surface area contributed by atoms with Crippen LogP contribution in [0.15, 0.2) is 53.4 Å². The number of hydrogen-bond acceptors (Lipinski definition) is 5. The highest BCUT2D eigenvalue weighted by atomic mass is 32.2. The molecule has 1 amide bonds. The second-order valence-electron chi connectivity index (χ2n) is 6.64. The van der Waals surface area contributed by atoms with Gasteiger partial charge in [-0.1, -0.05) is 0 Å². The first-order chi connectivity index (χ1) is 14.0. The molecule has 0 spiro atoms. The van der Waals surface area contributed by atoms with E-state index < -0.39 is 10.0 Å². The monoisotopic (exact) mass is 418 g/mol. The molecular formula is C21H26N2O5S. The molecule has 0 aromatic heterocycles. The van der Waals surface area contributed by atoms with E-state index in [0.29, 0.717) is 44.2 Å². The first-order valence-corrected chi connectivity index (χ1v) is 11.2. The van der Waals surface area contributed by atoms with Crippen LogP contribution in [0, 0.1) is 0 Å². The molecular weight excluding hydrogens is 392 g/mol. The number of carbonyl (C=O) groups excluding carboxylic acids is 1. The van der Waals surface area contributed by atoms with E-state index in [2.05, 4.69) is 5.32 Å². The standard InChI is InChI=1S/C21H26N2O5S/c1-2-27-18-7-9-19(10-8-18)28-16-13-22-21(24)17-5-11-20(12-6-17)29(25,26)23-14-3-4-15-23/h5-12H,2-4,13-16H2,1H3,(H,22,24). The van der Waals surface area contributed by atoms with Gasteiger partial charge in [0.15, 0.2) is 0 Å². The summed E-state index contributed by atoms with van der Waals surface area (Å²) in [4.78, 5) is 12.5. The van der Waals surface area contributed by atoms with Gasteiger partial charge < -0.3 is 14.8 Å². The van der Waals surface area contributed by atoms with Crippen molar-refractivity contribution in [3.05, 3.63) is 54.1 Å². The summed E-state index contributed by atoms with van der Waals surface area (Å²) in [5.41, 5.74) is 0.409. The summed E-state index contributed by atoms with van der Waals surface area (Å²) in [5.74, 6) is 1.20. The summed E-state index contributed by atoms with van der Waals surface area (Å²) < 4.78 is 37.5. The van der Waals surface area contributed by atoms with Crippen molar-refractivity contribution in [1.82, 2.24) is 9.62 Å². The number of amides is 1. The molecule has 29 heavy (non-hydrogen) atoms. The number of nitrogens with zero attached hydrogens (tertiary/aromatic N) is 1. The molecule has 2 aromatic carbocycles. The van der Waals surface area contributed by atoms with Gasteiger partial charge in [0.1, 0.15) is 18.1 Å². The molecule has 0 aliphatic carbocycles. The molecule has 7 nitrogen and oxygen atoms in total. The van der Waals surface area contributed by atoms with Crippen LogP contribution in [-0.2, 0) is 10.0 Å². The van der Waals surface area contributed by atoms with Crippen LogP contribution in [0.1, 0.15) is 30.1 Å². The Hall–Kier alpha value is -2.58. The van der Waals surface area contributed by atoms with Crippen molar-refractivity contribution < 1.29 is 22.7 Å². The molecule has 1 aliphatic heterocycles. The van der Waals surface area contributed by atoms with Crippen molar-refractivity contribution in [2.75, 3.05) is 32.8 Å². The number of nitrogens with one attached hydrogen (secondary N) is 1. The summed E-state index contributed by atoms with van der Waals surface area (Å²) in [6.45, 7) is 4.30. The van der Waals surface area contributed by atoms with Crippen LogP contribution < -0.4 is 14.8 Å². The fourth-order valence-electron chi connectivity index (χ4n) is 3.09. The minimum atomic E-state index is -3.47. The van der Waals surface area contributed by atoms with Crippen molar-refractivity contribution in [3.63, 3.8) is 0 Å². The van der Waals surface area contributed by atoms with Crippen LogP contribution in [0.25, 0.3) is 0 Å². The molecule has 8 heteroatoms. The van der Waals surface area contributed by atoms with Crippen LogP contribution in [0.3, 0.4) is 0 Å². The molecule has 156 valence electrons. The molecule has 0 bridgehead atoms. The largest absolute Gasteiger partial charge is 0.494 e. The zero-order valence-corrected chi connectivity index (χ0v) is 17.3. The fraction of sp³-hybridized carbons (Fsp3) is 0.381. The highest BCUT2D eigenvalue weighted by molar-refractivity contribution is 7.89. The molecule has 1 heterocycles. The van der Waals surface area contributed by atoms with E-state index in [1.807, 2.05) is 31.2 Å². The van der Waals surface area contributed by atoms with Gasteiger partial charge in [0.2, 0.25) is 10.0 Å². The summed E-state index contributed by atoms with van der Waals surface area (Å²) in [6.07, 6.45) is 1.77. The van der Waals surface area contributed by atoms with E-state index in [4.69, 9.17) is 9.47 Å². The fourth-order valence-corrected chi connectivity index (χ4v) is 4.61. The van der Waals surface area contributed by atoms with Gasteiger partial charge in [-0.25, -0.2) is 8.42 Å². The van der Waals surface area contributed by atoms with Crippen molar-refractivity contribution in [3.8, 4) is 11.5 Å². The van der Waals surface area contributed by atoms with Crippen LogP contribution >= 0.6 is 0 Å². The first-order valence-electron chi connectivity index (χ1n) is 9.75. The van der Waals surface area contributed by atoms with Crippen LogP contribution in [0.5, 0.6) is 11.5 Å². The second kappa shape index (κ2) is 9.76. The van der Waals surface area contributed by atoms with Crippen LogP contribution in [0.2, 0.25) is 0 Å². The maximum absolute atomic E-state index is 12.5. The third-order valence-corrected chi connectivity index (χ3v) is 6.52. The summed E-state index contributed by atoms with van der Waals surface area (Å²) in [7, 11) is -3.47. The van der Waals surface area contributed by atoms with E-state index in [-0.39, 0.29) is 10.8 Å². The lowest BCUT2D eigenvalue weighted by Crippen LogP contribution is -2.29. The zero-order valence-electron chi connectivity index (χ0n) is 16.5. The molecule has 1 saturated heterocycles. The predicted molar refractivity (Wildman–Crippen MR) is 110 cm³/mol. The van der Waals surface area contributed by atoms with Crippen molar-refractivity contribution in [2.45, 2.75) is 24.7 Å². The lowest BCUT2D eigenvalue weighted by atomic mass is 10.2. The smallest absolute Gasteiger partial charge is 0.251 e. The maximum Gasteiger partial charge on any atom is 0.251 e. The van der Waals surface area contributed by atoms with Gasteiger partial charge >= 0.3 is 0 Å². The van der Waals surface area contributed by atoms with E-state index in [9.17, 15) is 13.2 Å². The molecule has 1 fully saturated rings. The number of rotatable bonds is 9. The molecule has 0 unspecified atom stereocenters. The van der Waals surface area contributed by atoms with E-state index >= 15 is 0 Å². The SMILES string of the molecule is CCOc1ccc(OCCNC(=O)c2ccc(S(=O)(=O)N3CCCC3)cc2)cc1. The predicted octanol–water partition coefficient (Wildman–Crippen LogP) is 2.68. The molecule has 1 N–H and O–H groups in total.